The van der Waals surface area contributed by atoms with E-state index in [2.05, 4.69) is 27.2 Å². The van der Waals surface area contributed by atoms with Gasteiger partial charge in [-0.3, -0.25) is 0 Å². The zero-order valence-electron chi connectivity index (χ0n) is 10.2. The highest BCUT2D eigenvalue weighted by molar-refractivity contribution is 5.32. The summed E-state index contributed by atoms with van der Waals surface area (Å²) >= 11 is 0. The first-order valence-corrected chi connectivity index (χ1v) is 5.43. The van der Waals surface area contributed by atoms with Crippen molar-refractivity contribution in [3.63, 3.8) is 0 Å². The number of hydrogen-bond acceptors (Lipinski definition) is 5. The molecule has 90 valence electrons. The lowest BCUT2D eigenvalue weighted by Gasteiger charge is -2.16. The molecule has 0 unspecified atom stereocenters. The second kappa shape index (κ2) is 7.14. The minimum Gasteiger partial charge on any atom is -0.383 e. The first-order chi connectivity index (χ1) is 7.72. The van der Waals surface area contributed by atoms with Gasteiger partial charge < -0.3 is 15.0 Å². The Bertz CT molecular complexity index is 306. The van der Waals surface area contributed by atoms with E-state index < -0.39 is 0 Å². The van der Waals surface area contributed by atoms with Crippen LogP contribution in [-0.2, 0) is 4.74 Å². The molecule has 16 heavy (non-hydrogen) atoms. The van der Waals surface area contributed by atoms with E-state index in [-0.39, 0.29) is 0 Å². The molecule has 0 fully saturated rings. The summed E-state index contributed by atoms with van der Waals surface area (Å²) in [6, 6.07) is 1.88. The topological polar surface area (TPSA) is 50.3 Å². The van der Waals surface area contributed by atoms with Crippen LogP contribution in [0, 0.1) is 6.92 Å². The van der Waals surface area contributed by atoms with E-state index in [9.17, 15) is 0 Å². The van der Waals surface area contributed by atoms with Gasteiger partial charge in [0, 0.05) is 32.9 Å². The van der Waals surface area contributed by atoms with Crippen molar-refractivity contribution in [1.82, 2.24) is 14.9 Å². The molecule has 5 nitrogen and oxygen atoms in total. The molecule has 0 saturated carbocycles. The number of aromatic nitrogens is 2. The van der Waals surface area contributed by atoms with Gasteiger partial charge in [0.1, 0.15) is 11.6 Å². The fraction of sp³-hybridized carbons (Fsp3) is 0.636. The number of hydrogen-bond donors (Lipinski definition) is 1. The molecule has 0 aliphatic rings. The number of ether oxygens (including phenoxy) is 1. The monoisotopic (exact) mass is 224 g/mol. The average Bonchev–Trinajstić information content (AvgIpc) is 2.26. The van der Waals surface area contributed by atoms with E-state index >= 15 is 0 Å². The minimum atomic E-state index is 0.767. The molecule has 0 aromatic carbocycles. The number of likely N-dealkylation sites (N-methyl/N-ethyl adjacent to an activating group) is 1. The largest absolute Gasteiger partial charge is 0.383 e. The number of anilines is 1. The van der Waals surface area contributed by atoms with Gasteiger partial charge in [0.05, 0.1) is 6.61 Å². The van der Waals surface area contributed by atoms with Crippen LogP contribution in [0.1, 0.15) is 5.82 Å². The molecular formula is C11H20N4O. The third-order valence-corrected chi connectivity index (χ3v) is 2.25. The van der Waals surface area contributed by atoms with Crippen LogP contribution in [0.4, 0.5) is 5.82 Å². The SMILES string of the molecule is COCCN(C)CCNc1ccnc(C)n1. The Morgan fingerprint density at radius 1 is 1.44 bits per heavy atom. The number of methoxy groups -OCH3 is 1. The van der Waals surface area contributed by atoms with Gasteiger partial charge in [0.2, 0.25) is 0 Å². The second-order valence-electron chi connectivity index (χ2n) is 3.71. The molecule has 0 atom stereocenters. The quantitative estimate of drug-likeness (QED) is 0.741. The summed E-state index contributed by atoms with van der Waals surface area (Å²) in [5.74, 6) is 1.67. The first kappa shape index (κ1) is 12.9. The molecule has 0 aliphatic heterocycles. The average molecular weight is 224 g/mol. The lowest BCUT2D eigenvalue weighted by Crippen LogP contribution is -2.28. The molecule has 0 radical (unpaired) electrons. The Hall–Kier alpha value is -1.20. The number of aryl methyl sites for hydroxylation is 1. The van der Waals surface area contributed by atoms with Crippen molar-refractivity contribution in [2.45, 2.75) is 6.92 Å². The number of nitrogens with zero attached hydrogens (tertiary/aromatic N) is 3. The van der Waals surface area contributed by atoms with Crippen molar-refractivity contribution in [2.75, 3.05) is 45.7 Å². The van der Waals surface area contributed by atoms with Crippen LogP contribution >= 0.6 is 0 Å². The Morgan fingerprint density at radius 3 is 2.94 bits per heavy atom. The molecule has 1 aromatic rings. The molecule has 0 amide bonds. The van der Waals surface area contributed by atoms with E-state index in [0.29, 0.717) is 0 Å². The fourth-order valence-electron chi connectivity index (χ4n) is 1.29. The van der Waals surface area contributed by atoms with E-state index in [1.807, 2.05) is 13.0 Å². The van der Waals surface area contributed by atoms with E-state index in [1.165, 1.54) is 0 Å². The van der Waals surface area contributed by atoms with Gasteiger partial charge in [0.15, 0.2) is 0 Å². The van der Waals surface area contributed by atoms with Gasteiger partial charge in [-0.05, 0) is 20.0 Å². The zero-order chi connectivity index (χ0) is 11.8. The van der Waals surface area contributed by atoms with Crippen molar-refractivity contribution in [3.8, 4) is 0 Å². The highest BCUT2D eigenvalue weighted by Gasteiger charge is 1.98. The van der Waals surface area contributed by atoms with Gasteiger partial charge >= 0.3 is 0 Å². The molecule has 0 spiro atoms. The highest BCUT2D eigenvalue weighted by Crippen LogP contribution is 2.00. The van der Waals surface area contributed by atoms with Crippen LogP contribution in [-0.4, -0.2) is 55.3 Å². The highest BCUT2D eigenvalue weighted by atomic mass is 16.5. The maximum Gasteiger partial charge on any atom is 0.129 e. The smallest absolute Gasteiger partial charge is 0.129 e. The van der Waals surface area contributed by atoms with E-state index in [4.69, 9.17) is 4.74 Å². The Morgan fingerprint density at radius 2 is 2.25 bits per heavy atom. The van der Waals surface area contributed by atoms with E-state index in [1.54, 1.807) is 13.3 Å². The van der Waals surface area contributed by atoms with Crippen molar-refractivity contribution in [2.24, 2.45) is 0 Å². The predicted molar refractivity (Wildman–Crippen MR) is 64.6 cm³/mol. The van der Waals surface area contributed by atoms with Crippen molar-refractivity contribution in [1.29, 1.82) is 0 Å². The summed E-state index contributed by atoms with van der Waals surface area (Å²) in [5, 5.41) is 3.26. The van der Waals surface area contributed by atoms with Crippen LogP contribution in [0.25, 0.3) is 0 Å². The standard InChI is InChI=1S/C11H20N4O/c1-10-12-5-4-11(14-10)13-6-7-15(2)8-9-16-3/h4-5H,6-9H2,1-3H3,(H,12,13,14). The van der Waals surface area contributed by atoms with Gasteiger partial charge in [-0.1, -0.05) is 0 Å². The Labute approximate surface area is 96.8 Å². The lowest BCUT2D eigenvalue weighted by atomic mass is 10.5. The van der Waals surface area contributed by atoms with Crippen molar-refractivity contribution >= 4 is 5.82 Å². The normalized spacial score (nSPS) is 10.8. The Balaban J connectivity index is 2.20. The zero-order valence-corrected chi connectivity index (χ0v) is 10.2. The van der Waals surface area contributed by atoms with E-state index in [0.717, 1.165) is 37.9 Å². The van der Waals surface area contributed by atoms with Gasteiger partial charge in [-0.25, -0.2) is 9.97 Å². The number of rotatable bonds is 7. The van der Waals surface area contributed by atoms with Crippen LogP contribution in [0.2, 0.25) is 0 Å². The minimum absolute atomic E-state index is 0.767. The fourth-order valence-corrected chi connectivity index (χ4v) is 1.29. The molecule has 0 saturated heterocycles. The van der Waals surface area contributed by atoms with Crippen LogP contribution in [0.5, 0.6) is 0 Å². The molecule has 0 bridgehead atoms. The predicted octanol–water partition coefficient (Wildman–Crippen LogP) is 0.775. The molecule has 0 aliphatic carbocycles. The number of nitrogens with one attached hydrogen (secondary N) is 1. The lowest BCUT2D eigenvalue weighted by molar-refractivity contribution is 0.163. The summed E-state index contributed by atoms with van der Waals surface area (Å²) < 4.78 is 5.01. The van der Waals surface area contributed by atoms with Crippen LogP contribution in [0.3, 0.4) is 0 Å². The maximum absolute atomic E-state index is 5.01. The van der Waals surface area contributed by atoms with Crippen molar-refractivity contribution < 1.29 is 4.74 Å². The molecule has 1 rings (SSSR count). The maximum atomic E-state index is 5.01. The van der Waals surface area contributed by atoms with Gasteiger partial charge in [0.25, 0.3) is 0 Å². The molecular weight excluding hydrogens is 204 g/mol. The molecule has 1 heterocycles. The first-order valence-electron chi connectivity index (χ1n) is 5.43. The van der Waals surface area contributed by atoms with Crippen LogP contribution < -0.4 is 5.32 Å². The van der Waals surface area contributed by atoms with Crippen LogP contribution in [0.15, 0.2) is 12.3 Å². The molecule has 5 heteroatoms. The Kier molecular flexibility index (Phi) is 5.74. The van der Waals surface area contributed by atoms with Crippen molar-refractivity contribution in [3.05, 3.63) is 18.1 Å². The summed E-state index contributed by atoms with van der Waals surface area (Å²) in [5.41, 5.74) is 0. The molecule has 1 N–H and O–H groups in total. The molecule has 1 aromatic heterocycles. The summed E-state index contributed by atoms with van der Waals surface area (Å²) in [6.07, 6.45) is 1.76. The summed E-state index contributed by atoms with van der Waals surface area (Å²) in [7, 11) is 3.79. The summed E-state index contributed by atoms with van der Waals surface area (Å²) in [6.45, 7) is 5.43. The van der Waals surface area contributed by atoms with Gasteiger partial charge in [-0.15, -0.1) is 0 Å². The third-order valence-electron chi connectivity index (χ3n) is 2.25. The van der Waals surface area contributed by atoms with Gasteiger partial charge in [-0.2, -0.15) is 0 Å². The third kappa shape index (κ3) is 5.04. The second-order valence-corrected chi connectivity index (χ2v) is 3.71. The summed E-state index contributed by atoms with van der Waals surface area (Å²) in [4.78, 5) is 10.5.